The van der Waals surface area contributed by atoms with E-state index in [1.54, 1.807) is 24.3 Å². The second kappa shape index (κ2) is 7.23. The Balaban J connectivity index is 2.11. The van der Waals surface area contributed by atoms with E-state index < -0.39 is 23.5 Å². The number of benzene rings is 2. The Morgan fingerprint density at radius 1 is 1.15 bits per heavy atom. The predicted octanol–water partition coefficient (Wildman–Crippen LogP) is 3.66. The summed E-state index contributed by atoms with van der Waals surface area (Å²) in [5.41, 5.74) is 0.872. The van der Waals surface area contributed by atoms with E-state index in [2.05, 4.69) is 0 Å². The number of likely N-dealkylation sites (N-methyl/N-ethyl adjacent to an activating group) is 1. The molecule has 6 heteroatoms. The molecule has 27 heavy (non-hydrogen) atoms. The van der Waals surface area contributed by atoms with Crippen molar-refractivity contribution in [3.8, 4) is 5.75 Å². The summed E-state index contributed by atoms with van der Waals surface area (Å²) in [6, 6.07) is 11.4. The normalized spacial score (nSPS) is 19.0. The summed E-state index contributed by atoms with van der Waals surface area (Å²) in [6.07, 6.45) is -0.0348. The molecule has 1 aliphatic heterocycles. The third-order valence-corrected chi connectivity index (χ3v) is 4.34. The van der Waals surface area contributed by atoms with Gasteiger partial charge in [-0.3, -0.25) is 9.59 Å². The van der Waals surface area contributed by atoms with Crippen molar-refractivity contribution in [2.24, 2.45) is 0 Å². The highest BCUT2D eigenvalue weighted by Gasteiger charge is 2.44. The van der Waals surface area contributed by atoms with E-state index in [-0.39, 0.29) is 23.0 Å². The number of hydrogen-bond acceptors (Lipinski definition) is 4. The SMILES string of the molecule is CC(C)Oc1cccc(C2/C(=C(\O)c3ccc(F)cc3)C(=O)C(=O)N2C)c1. The van der Waals surface area contributed by atoms with Gasteiger partial charge in [0.2, 0.25) is 0 Å². The highest BCUT2D eigenvalue weighted by molar-refractivity contribution is 6.46. The molecular formula is C21H20FNO4. The summed E-state index contributed by atoms with van der Waals surface area (Å²) in [7, 11) is 1.51. The fourth-order valence-corrected chi connectivity index (χ4v) is 3.13. The molecule has 1 atom stereocenters. The Morgan fingerprint density at radius 3 is 2.44 bits per heavy atom. The number of carbonyl (C=O) groups excluding carboxylic acids is 2. The molecule has 1 aliphatic rings. The van der Waals surface area contributed by atoms with Crippen LogP contribution < -0.4 is 4.74 Å². The highest BCUT2D eigenvalue weighted by atomic mass is 19.1. The van der Waals surface area contributed by atoms with Gasteiger partial charge in [0.1, 0.15) is 17.3 Å². The fourth-order valence-electron chi connectivity index (χ4n) is 3.13. The topological polar surface area (TPSA) is 66.8 Å². The van der Waals surface area contributed by atoms with Crippen molar-refractivity contribution >= 4 is 17.4 Å². The maximum Gasteiger partial charge on any atom is 0.295 e. The molecule has 1 amide bonds. The summed E-state index contributed by atoms with van der Waals surface area (Å²) >= 11 is 0. The molecule has 1 unspecified atom stereocenters. The van der Waals surface area contributed by atoms with Gasteiger partial charge in [0.25, 0.3) is 11.7 Å². The van der Waals surface area contributed by atoms with Crippen molar-refractivity contribution in [1.29, 1.82) is 0 Å². The number of halogens is 1. The van der Waals surface area contributed by atoms with Crippen LogP contribution >= 0.6 is 0 Å². The quantitative estimate of drug-likeness (QED) is 0.507. The molecular weight excluding hydrogens is 349 g/mol. The van der Waals surface area contributed by atoms with Crippen LogP contribution in [-0.2, 0) is 9.59 Å². The van der Waals surface area contributed by atoms with Crippen LogP contribution in [0.2, 0.25) is 0 Å². The van der Waals surface area contributed by atoms with Gasteiger partial charge in [-0.05, 0) is 55.8 Å². The van der Waals surface area contributed by atoms with Gasteiger partial charge in [-0.1, -0.05) is 12.1 Å². The Morgan fingerprint density at radius 2 is 1.81 bits per heavy atom. The smallest absolute Gasteiger partial charge is 0.295 e. The van der Waals surface area contributed by atoms with E-state index in [9.17, 15) is 19.1 Å². The van der Waals surface area contributed by atoms with Crippen LogP contribution in [0.5, 0.6) is 5.75 Å². The molecule has 1 N–H and O–H groups in total. The van der Waals surface area contributed by atoms with E-state index in [0.29, 0.717) is 11.3 Å². The first kappa shape index (κ1) is 18.6. The van der Waals surface area contributed by atoms with Gasteiger partial charge < -0.3 is 14.7 Å². The number of nitrogens with zero attached hydrogens (tertiary/aromatic N) is 1. The van der Waals surface area contributed by atoms with E-state index in [1.165, 1.54) is 36.2 Å². The van der Waals surface area contributed by atoms with Crippen molar-refractivity contribution in [2.45, 2.75) is 26.0 Å². The Bertz CT molecular complexity index is 918. The summed E-state index contributed by atoms with van der Waals surface area (Å²) in [5.74, 6) is -1.68. The molecule has 5 nitrogen and oxygen atoms in total. The van der Waals surface area contributed by atoms with Crippen molar-refractivity contribution in [1.82, 2.24) is 4.90 Å². The number of likely N-dealkylation sites (tertiary alicyclic amines) is 1. The van der Waals surface area contributed by atoms with E-state index >= 15 is 0 Å². The van der Waals surface area contributed by atoms with E-state index in [1.807, 2.05) is 13.8 Å². The molecule has 0 radical (unpaired) electrons. The molecule has 1 saturated heterocycles. The zero-order chi connectivity index (χ0) is 19.7. The van der Waals surface area contributed by atoms with Crippen molar-refractivity contribution in [3.05, 3.63) is 71.0 Å². The molecule has 0 saturated carbocycles. The first-order valence-corrected chi connectivity index (χ1v) is 8.56. The minimum Gasteiger partial charge on any atom is -0.507 e. The molecule has 0 spiro atoms. The van der Waals surface area contributed by atoms with Crippen molar-refractivity contribution in [3.63, 3.8) is 0 Å². The number of ketones is 1. The highest BCUT2D eigenvalue weighted by Crippen LogP contribution is 2.39. The summed E-state index contributed by atoms with van der Waals surface area (Å²) in [4.78, 5) is 26.1. The first-order valence-electron chi connectivity index (χ1n) is 8.56. The minimum absolute atomic E-state index is 0.0317. The van der Waals surface area contributed by atoms with Gasteiger partial charge in [0.15, 0.2) is 0 Å². The average Bonchev–Trinajstić information content (AvgIpc) is 2.85. The predicted molar refractivity (Wildman–Crippen MR) is 98.7 cm³/mol. The van der Waals surface area contributed by atoms with Crippen LogP contribution in [0.4, 0.5) is 4.39 Å². The van der Waals surface area contributed by atoms with E-state index in [0.717, 1.165) is 0 Å². The number of amides is 1. The van der Waals surface area contributed by atoms with Crippen LogP contribution in [0.15, 0.2) is 54.1 Å². The number of aliphatic hydroxyl groups excluding tert-OH is 1. The van der Waals surface area contributed by atoms with Gasteiger partial charge in [-0.2, -0.15) is 0 Å². The van der Waals surface area contributed by atoms with Crippen molar-refractivity contribution in [2.75, 3.05) is 7.05 Å². The van der Waals surface area contributed by atoms with Gasteiger partial charge >= 0.3 is 0 Å². The molecule has 1 fully saturated rings. The molecule has 0 aliphatic carbocycles. The maximum atomic E-state index is 13.2. The second-order valence-electron chi connectivity index (χ2n) is 6.66. The van der Waals surface area contributed by atoms with Gasteiger partial charge in [0, 0.05) is 12.6 Å². The first-order chi connectivity index (χ1) is 12.8. The zero-order valence-corrected chi connectivity index (χ0v) is 15.3. The lowest BCUT2D eigenvalue weighted by Crippen LogP contribution is -2.24. The molecule has 0 aromatic heterocycles. The average molecular weight is 369 g/mol. The number of aliphatic hydroxyl groups is 1. The Labute approximate surface area is 156 Å². The lowest BCUT2D eigenvalue weighted by molar-refractivity contribution is -0.139. The monoisotopic (exact) mass is 369 g/mol. The zero-order valence-electron chi connectivity index (χ0n) is 15.3. The summed E-state index contributed by atoms with van der Waals surface area (Å²) in [5, 5.41) is 10.7. The number of Topliss-reactive ketones (excluding diaryl/α,β-unsaturated/α-hetero) is 1. The Kier molecular flexibility index (Phi) is 4.99. The maximum absolute atomic E-state index is 13.2. The molecule has 2 aromatic rings. The second-order valence-corrected chi connectivity index (χ2v) is 6.66. The number of rotatable bonds is 4. The molecule has 140 valence electrons. The Hall–Kier alpha value is -3.15. The van der Waals surface area contributed by atoms with Gasteiger partial charge in [0.05, 0.1) is 17.7 Å². The lowest BCUT2D eigenvalue weighted by atomic mass is 9.95. The molecule has 2 aromatic carbocycles. The van der Waals surface area contributed by atoms with E-state index in [4.69, 9.17) is 4.74 Å². The molecule has 0 bridgehead atoms. The lowest BCUT2D eigenvalue weighted by Gasteiger charge is -2.22. The minimum atomic E-state index is -0.778. The molecule has 3 rings (SSSR count). The van der Waals surface area contributed by atoms with Crippen LogP contribution in [-0.4, -0.2) is 34.8 Å². The van der Waals surface area contributed by atoms with Gasteiger partial charge in [-0.25, -0.2) is 4.39 Å². The van der Waals surface area contributed by atoms with Crippen LogP contribution in [0.25, 0.3) is 5.76 Å². The largest absolute Gasteiger partial charge is 0.507 e. The number of ether oxygens (including phenoxy) is 1. The van der Waals surface area contributed by atoms with Crippen LogP contribution in [0.1, 0.15) is 31.0 Å². The van der Waals surface area contributed by atoms with Crippen LogP contribution in [0.3, 0.4) is 0 Å². The van der Waals surface area contributed by atoms with Crippen LogP contribution in [0, 0.1) is 5.82 Å². The van der Waals surface area contributed by atoms with Gasteiger partial charge in [-0.15, -0.1) is 0 Å². The summed E-state index contributed by atoms with van der Waals surface area (Å²) in [6.45, 7) is 3.79. The fraction of sp³-hybridized carbons (Fsp3) is 0.238. The number of hydrogen-bond donors (Lipinski definition) is 1. The number of carbonyl (C=O) groups is 2. The third-order valence-electron chi connectivity index (χ3n) is 4.34. The third kappa shape index (κ3) is 3.56. The molecule has 1 heterocycles. The summed E-state index contributed by atoms with van der Waals surface area (Å²) < 4.78 is 18.9. The standard InChI is InChI=1S/C21H20FNO4/c1-12(2)27-16-6-4-5-14(11-16)18-17(20(25)21(26)23(18)3)19(24)13-7-9-15(22)10-8-13/h4-12,18,24H,1-3H3/b19-17+. The van der Waals surface area contributed by atoms with Crippen molar-refractivity contribution < 1.29 is 23.8 Å².